The minimum atomic E-state index is -0.513. The predicted molar refractivity (Wildman–Crippen MR) is 125 cm³/mol. The first kappa shape index (κ1) is 21.4. The number of hydrogen-bond acceptors (Lipinski definition) is 4. The van der Waals surface area contributed by atoms with E-state index in [2.05, 4.69) is 41.1 Å². The van der Waals surface area contributed by atoms with Crippen molar-refractivity contribution in [3.8, 4) is 0 Å². The molecule has 0 N–H and O–H groups in total. The third-order valence-corrected chi connectivity index (χ3v) is 6.63. The van der Waals surface area contributed by atoms with Crippen LogP contribution in [0.3, 0.4) is 0 Å². The van der Waals surface area contributed by atoms with Crippen molar-refractivity contribution in [3.63, 3.8) is 0 Å². The van der Waals surface area contributed by atoms with Crippen LogP contribution in [-0.4, -0.2) is 68.3 Å². The third-order valence-electron chi connectivity index (χ3n) is 6.63. The number of hydrogen-bond donors (Lipinski definition) is 0. The number of carbonyl (C=O) groups excluding carboxylic acids is 2. The van der Waals surface area contributed by atoms with Gasteiger partial charge in [-0.25, -0.2) is 0 Å². The summed E-state index contributed by atoms with van der Waals surface area (Å²) in [6.45, 7) is 6.86. The fourth-order valence-electron chi connectivity index (χ4n) is 4.71. The Labute approximate surface area is 194 Å². The van der Waals surface area contributed by atoms with Crippen LogP contribution in [0, 0.1) is 6.92 Å². The highest BCUT2D eigenvalue weighted by atomic mass is 16.2. The fraction of sp³-hybridized carbons (Fsp3) is 0.346. The van der Waals surface area contributed by atoms with E-state index in [0.29, 0.717) is 31.9 Å². The van der Waals surface area contributed by atoms with Gasteiger partial charge in [0.25, 0.3) is 5.91 Å². The van der Waals surface area contributed by atoms with Crippen LogP contribution in [0.2, 0.25) is 0 Å². The van der Waals surface area contributed by atoms with Gasteiger partial charge in [-0.1, -0.05) is 35.9 Å². The quantitative estimate of drug-likeness (QED) is 0.608. The van der Waals surface area contributed by atoms with Crippen molar-refractivity contribution in [3.05, 3.63) is 89.5 Å². The van der Waals surface area contributed by atoms with Gasteiger partial charge in [-0.3, -0.25) is 19.5 Å². The van der Waals surface area contributed by atoms with Gasteiger partial charge >= 0.3 is 0 Å². The standard InChI is InChI=1S/C26H29N5O2/c1-20-6-8-21(9-7-20)17-28-12-14-29(15-13-28)25(32)24-19-30-11-3-5-23(30)26(33)31(24)18-22-4-2-10-27-16-22/h2-11,16,24H,12-15,17-19H2,1H3. The lowest BCUT2D eigenvalue weighted by atomic mass is 10.1. The highest BCUT2D eigenvalue weighted by Crippen LogP contribution is 2.23. The Kier molecular flexibility index (Phi) is 5.96. The molecule has 0 bridgehead atoms. The number of aryl methyl sites for hydroxylation is 1. The zero-order valence-corrected chi connectivity index (χ0v) is 18.9. The zero-order chi connectivity index (χ0) is 22.8. The molecule has 2 aliphatic rings. The van der Waals surface area contributed by atoms with E-state index in [1.165, 1.54) is 11.1 Å². The van der Waals surface area contributed by atoms with E-state index >= 15 is 0 Å². The van der Waals surface area contributed by atoms with Crippen LogP contribution in [0.1, 0.15) is 27.2 Å². The van der Waals surface area contributed by atoms with Crippen molar-refractivity contribution < 1.29 is 9.59 Å². The number of pyridine rings is 1. The molecule has 3 aromatic rings. The van der Waals surface area contributed by atoms with Crippen LogP contribution in [0.15, 0.2) is 67.1 Å². The van der Waals surface area contributed by atoms with Gasteiger partial charge in [0.2, 0.25) is 5.91 Å². The molecule has 2 aromatic heterocycles. The minimum absolute atomic E-state index is 0.0292. The first-order chi connectivity index (χ1) is 16.1. The van der Waals surface area contributed by atoms with Gasteiger partial charge < -0.3 is 14.4 Å². The monoisotopic (exact) mass is 443 g/mol. The molecular weight excluding hydrogens is 414 g/mol. The Balaban J connectivity index is 1.28. The van der Waals surface area contributed by atoms with E-state index in [1.807, 2.05) is 39.9 Å². The van der Waals surface area contributed by atoms with Gasteiger partial charge in [-0.2, -0.15) is 0 Å². The minimum Gasteiger partial charge on any atom is -0.341 e. The molecule has 0 aliphatic carbocycles. The molecule has 170 valence electrons. The molecule has 7 nitrogen and oxygen atoms in total. The second-order valence-electron chi connectivity index (χ2n) is 8.94. The summed E-state index contributed by atoms with van der Waals surface area (Å²) in [6.07, 6.45) is 5.35. The maximum atomic E-state index is 13.6. The van der Waals surface area contributed by atoms with Crippen LogP contribution in [0.25, 0.3) is 0 Å². The molecule has 0 spiro atoms. The van der Waals surface area contributed by atoms with Gasteiger partial charge in [0, 0.05) is 57.9 Å². The van der Waals surface area contributed by atoms with Gasteiger partial charge in [0.1, 0.15) is 11.7 Å². The topological polar surface area (TPSA) is 61.7 Å². The molecule has 0 saturated carbocycles. The Bertz CT molecular complexity index is 1120. The molecule has 1 atom stereocenters. The van der Waals surface area contributed by atoms with E-state index in [1.54, 1.807) is 17.3 Å². The molecule has 1 aromatic carbocycles. The maximum absolute atomic E-state index is 13.6. The summed E-state index contributed by atoms with van der Waals surface area (Å²) in [5.74, 6) is -0.0759. The lowest BCUT2D eigenvalue weighted by Crippen LogP contribution is -2.58. The molecular formula is C26H29N5O2. The summed E-state index contributed by atoms with van der Waals surface area (Å²) in [7, 11) is 0. The summed E-state index contributed by atoms with van der Waals surface area (Å²) in [5.41, 5.74) is 4.11. The Morgan fingerprint density at radius 2 is 1.76 bits per heavy atom. The summed E-state index contributed by atoms with van der Waals surface area (Å²) in [5, 5.41) is 0. The van der Waals surface area contributed by atoms with Crippen LogP contribution in [-0.2, 0) is 24.4 Å². The van der Waals surface area contributed by atoms with Gasteiger partial charge in [-0.05, 0) is 36.2 Å². The summed E-state index contributed by atoms with van der Waals surface area (Å²) in [6, 6.07) is 15.6. The van der Waals surface area contributed by atoms with Crippen LogP contribution >= 0.6 is 0 Å². The molecule has 33 heavy (non-hydrogen) atoms. The fourth-order valence-corrected chi connectivity index (χ4v) is 4.71. The van der Waals surface area contributed by atoms with Crippen LogP contribution < -0.4 is 0 Å². The molecule has 1 fully saturated rings. The van der Waals surface area contributed by atoms with Gasteiger partial charge in [-0.15, -0.1) is 0 Å². The average Bonchev–Trinajstić information content (AvgIpc) is 3.32. The lowest BCUT2D eigenvalue weighted by Gasteiger charge is -2.41. The van der Waals surface area contributed by atoms with E-state index in [4.69, 9.17) is 0 Å². The molecule has 7 heteroatoms. The summed E-state index contributed by atoms with van der Waals surface area (Å²) >= 11 is 0. The number of fused-ring (bicyclic) bond motifs is 1. The average molecular weight is 444 g/mol. The SMILES string of the molecule is Cc1ccc(CN2CCN(C(=O)C3Cn4cccc4C(=O)N3Cc3cccnc3)CC2)cc1. The highest BCUT2D eigenvalue weighted by molar-refractivity contribution is 5.97. The second kappa shape index (κ2) is 9.19. The molecule has 5 rings (SSSR count). The zero-order valence-electron chi connectivity index (χ0n) is 18.9. The smallest absolute Gasteiger partial charge is 0.271 e. The number of benzene rings is 1. The molecule has 1 saturated heterocycles. The van der Waals surface area contributed by atoms with Crippen molar-refractivity contribution in [1.82, 2.24) is 24.3 Å². The molecule has 1 unspecified atom stereocenters. The molecule has 4 heterocycles. The number of nitrogens with zero attached hydrogens (tertiary/aromatic N) is 5. The number of amides is 2. The van der Waals surface area contributed by atoms with Crippen LogP contribution in [0.5, 0.6) is 0 Å². The third kappa shape index (κ3) is 4.54. The Morgan fingerprint density at radius 1 is 0.970 bits per heavy atom. The van der Waals surface area contributed by atoms with Crippen LogP contribution in [0.4, 0.5) is 0 Å². The second-order valence-corrected chi connectivity index (χ2v) is 8.94. The number of piperazine rings is 1. The maximum Gasteiger partial charge on any atom is 0.271 e. The van der Waals surface area contributed by atoms with Crippen molar-refractivity contribution in [1.29, 1.82) is 0 Å². The van der Waals surface area contributed by atoms with E-state index in [-0.39, 0.29) is 11.8 Å². The Morgan fingerprint density at radius 3 is 2.48 bits per heavy atom. The number of aromatic nitrogens is 2. The van der Waals surface area contributed by atoms with Crippen molar-refractivity contribution in [2.75, 3.05) is 26.2 Å². The molecule has 2 aliphatic heterocycles. The number of carbonyl (C=O) groups is 2. The summed E-state index contributed by atoms with van der Waals surface area (Å²) < 4.78 is 1.90. The first-order valence-corrected chi connectivity index (χ1v) is 11.5. The summed E-state index contributed by atoms with van der Waals surface area (Å²) in [4.78, 5) is 37.1. The van der Waals surface area contributed by atoms with Crippen molar-refractivity contribution >= 4 is 11.8 Å². The predicted octanol–water partition coefficient (Wildman–Crippen LogP) is 2.56. The van der Waals surface area contributed by atoms with Crippen molar-refractivity contribution in [2.24, 2.45) is 0 Å². The first-order valence-electron chi connectivity index (χ1n) is 11.5. The normalized spacial score (nSPS) is 18.9. The molecule has 0 radical (unpaired) electrons. The van der Waals surface area contributed by atoms with E-state index in [9.17, 15) is 9.59 Å². The highest BCUT2D eigenvalue weighted by Gasteiger charge is 2.39. The van der Waals surface area contributed by atoms with E-state index in [0.717, 1.165) is 25.2 Å². The van der Waals surface area contributed by atoms with Gasteiger partial charge in [0.05, 0.1) is 6.54 Å². The number of rotatable bonds is 5. The lowest BCUT2D eigenvalue weighted by molar-refractivity contribution is -0.139. The largest absolute Gasteiger partial charge is 0.341 e. The Hall–Kier alpha value is -3.45. The molecule has 2 amide bonds. The van der Waals surface area contributed by atoms with E-state index < -0.39 is 6.04 Å². The van der Waals surface area contributed by atoms with Crippen molar-refractivity contribution in [2.45, 2.75) is 32.6 Å². The van der Waals surface area contributed by atoms with Gasteiger partial charge in [0.15, 0.2) is 0 Å².